The fourth-order valence-corrected chi connectivity index (χ4v) is 3.06. The first-order valence-electron chi connectivity index (χ1n) is 7.49. The van der Waals surface area contributed by atoms with Crippen LogP contribution < -0.4 is 5.32 Å². The van der Waals surface area contributed by atoms with Crippen LogP contribution in [-0.4, -0.2) is 24.7 Å². The molecule has 5 heteroatoms. The molecule has 0 saturated carbocycles. The molecule has 0 aliphatic carbocycles. The Morgan fingerprint density at radius 3 is 2.70 bits per heavy atom. The van der Waals surface area contributed by atoms with Crippen LogP contribution in [0.3, 0.4) is 0 Å². The zero-order valence-electron chi connectivity index (χ0n) is 13.5. The van der Waals surface area contributed by atoms with Crippen molar-refractivity contribution in [3.05, 3.63) is 58.6 Å². The third-order valence-electron chi connectivity index (χ3n) is 4.13. The topological polar surface area (TPSA) is 48.4 Å². The van der Waals surface area contributed by atoms with Crippen LogP contribution in [-0.2, 0) is 10.4 Å². The lowest BCUT2D eigenvalue weighted by atomic mass is 9.89. The van der Waals surface area contributed by atoms with Gasteiger partial charge in [0.1, 0.15) is 6.61 Å². The van der Waals surface area contributed by atoms with Gasteiger partial charge in [-0.1, -0.05) is 35.9 Å². The van der Waals surface area contributed by atoms with Crippen molar-refractivity contribution in [1.29, 1.82) is 5.41 Å². The molecule has 0 spiro atoms. The Kier molecular flexibility index (Phi) is 4.04. The van der Waals surface area contributed by atoms with Gasteiger partial charge in [0, 0.05) is 12.1 Å². The van der Waals surface area contributed by atoms with Gasteiger partial charge < -0.3 is 5.32 Å². The number of guanidine groups is 1. The van der Waals surface area contributed by atoms with Crippen LogP contribution in [0.5, 0.6) is 0 Å². The zero-order valence-corrected chi connectivity index (χ0v) is 14.2. The van der Waals surface area contributed by atoms with Crippen LogP contribution in [0, 0.1) is 12.3 Å². The second kappa shape index (κ2) is 5.87. The van der Waals surface area contributed by atoms with Crippen molar-refractivity contribution in [2.75, 3.05) is 13.7 Å². The molecule has 1 unspecified atom stereocenters. The van der Waals surface area contributed by atoms with Crippen molar-refractivity contribution < 1.29 is 4.84 Å². The van der Waals surface area contributed by atoms with Crippen LogP contribution in [0.25, 0.3) is 11.1 Å². The van der Waals surface area contributed by atoms with Gasteiger partial charge in [0.15, 0.2) is 0 Å². The Labute approximate surface area is 141 Å². The minimum atomic E-state index is -0.437. The number of hydrogen-bond donors (Lipinski definition) is 2. The summed E-state index contributed by atoms with van der Waals surface area (Å²) in [4.78, 5) is 5.57. The molecule has 0 radical (unpaired) electrons. The number of nitrogens with zero attached hydrogens (tertiary/aromatic N) is 1. The molecule has 4 nitrogen and oxygen atoms in total. The Morgan fingerprint density at radius 1 is 1.22 bits per heavy atom. The Bertz CT molecular complexity index is 741. The molecule has 1 atom stereocenters. The lowest BCUT2D eigenvalue weighted by Crippen LogP contribution is -2.57. The average Bonchev–Trinajstić information content (AvgIpc) is 2.51. The lowest BCUT2D eigenvalue weighted by molar-refractivity contribution is -0.126. The number of benzene rings is 2. The van der Waals surface area contributed by atoms with E-state index in [1.54, 1.807) is 7.05 Å². The molecule has 23 heavy (non-hydrogen) atoms. The summed E-state index contributed by atoms with van der Waals surface area (Å²) in [6, 6.07) is 14.3. The minimum absolute atomic E-state index is 0.253. The molecule has 2 N–H and O–H groups in total. The number of hydroxylamine groups is 2. The first-order valence-corrected chi connectivity index (χ1v) is 7.87. The summed E-state index contributed by atoms with van der Waals surface area (Å²) in [5.74, 6) is 0.253. The zero-order chi connectivity index (χ0) is 16.6. The summed E-state index contributed by atoms with van der Waals surface area (Å²) >= 11 is 6.19. The molecule has 0 bridgehead atoms. The fraction of sp³-hybridized carbons (Fsp3) is 0.278. The van der Waals surface area contributed by atoms with E-state index in [0.29, 0.717) is 6.61 Å². The second-order valence-electron chi connectivity index (χ2n) is 6.17. The van der Waals surface area contributed by atoms with Crippen molar-refractivity contribution in [3.63, 3.8) is 0 Å². The van der Waals surface area contributed by atoms with Crippen molar-refractivity contribution >= 4 is 17.6 Å². The maximum absolute atomic E-state index is 7.95. The molecule has 0 amide bonds. The summed E-state index contributed by atoms with van der Waals surface area (Å²) in [6.45, 7) is 4.54. The smallest absolute Gasteiger partial charge is 0.216 e. The van der Waals surface area contributed by atoms with Gasteiger partial charge in [-0.05, 0) is 54.3 Å². The van der Waals surface area contributed by atoms with Crippen LogP contribution in [0.1, 0.15) is 18.1 Å². The number of rotatable bonds is 2. The number of hydrogen-bond acceptors (Lipinski definition) is 2. The molecule has 1 aliphatic rings. The van der Waals surface area contributed by atoms with Crippen molar-refractivity contribution in [2.45, 2.75) is 19.4 Å². The van der Waals surface area contributed by atoms with E-state index in [4.69, 9.17) is 21.8 Å². The summed E-state index contributed by atoms with van der Waals surface area (Å²) in [7, 11) is 1.72. The minimum Gasteiger partial charge on any atom is -0.343 e. The lowest BCUT2D eigenvalue weighted by Gasteiger charge is -2.40. The van der Waals surface area contributed by atoms with Crippen LogP contribution in [0.4, 0.5) is 0 Å². The van der Waals surface area contributed by atoms with Gasteiger partial charge in [-0.25, -0.2) is 5.06 Å². The van der Waals surface area contributed by atoms with Crippen LogP contribution in [0.2, 0.25) is 5.02 Å². The maximum atomic E-state index is 7.95. The molecular formula is C18H20ClN3O. The Hall–Kier alpha value is -2.04. The summed E-state index contributed by atoms with van der Waals surface area (Å²) in [6.07, 6.45) is 0. The largest absolute Gasteiger partial charge is 0.343 e. The summed E-state index contributed by atoms with van der Waals surface area (Å²) in [5.41, 5.74) is 3.95. The number of nitrogens with one attached hydrogen (secondary N) is 2. The fourth-order valence-electron chi connectivity index (χ4n) is 2.77. The summed E-state index contributed by atoms with van der Waals surface area (Å²) in [5, 5.41) is 13.3. The van der Waals surface area contributed by atoms with E-state index in [1.807, 2.05) is 32.0 Å². The second-order valence-corrected chi connectivity index (χ2v) is 6.61. The molecule has 1 heterocycles. The highest BCUT2D eigenvalue weighted by molar-refractivity contribution is 6.30. The van der Waals surface area contributed by atoms with E-state index in [1.165, 1.54) is 5.06 Å². The normalized spacial score (nSPS) is 21.2. The van der Waals surface area contributed by atoms with Crippen LogP contribution in [0.15, 0.2) is 42.5 Å². The third kappa shape index (κ3) is 3.19. The highest BCUT2D eigenvalue weighted by atomic mass is 35.5. The quantitative estimate of drug-likeness (QED) is 0.877. The maximum Gasteiger partial charge on any atom is 0.216 e. The Morgan fingerprint density at radius 2 is 2.00 bits per heavy atom. The molecular weight excluding hydrogens is 310 g/mol. The molecule has 1 fully saturated rings. The van der Waals surface area contributed by atoms with Crippen molar-refractivity contribution in [1.82, 2.24) is 10.4 Å². The molecule has 1 aliphatic heterocycles. The standard InChI is InChI=1S/C18H20ClN3O/c1-12-7-14(10-16(19)8-12)13-5-4-6-15(9-13)18(2)11-23-22(3)17(20)21-18/h4-10H,11H2,1-3H3,(H2,20,21). The monoisotopic (exact) mass is 329 g/mol. The highest BCUT2D eigenvalue weighted by Gasteiger charge is 2.34. The van der Waals surface area contributed by atoms with Gasteiger partial charge in [-0.15, -0.1) is 0 Å². The van der Waals surface area contributed by atoms with E-state index in [0.717, 1.165) is 27.3 Å². The molecule has 3 rings (SSSR count). The van der Waals surface area contributed by atoms with E-state index in [2.05, 4.69) is 29.6 Å². The van der Waals surface area contributed by atoms with Gasteiger partial charge in [0.25, 0.3) is 0 Å². The molecule has 2 aromatic rings. The van der Waals surface area contributed by atoms with E-state index >= 15 is 0 Å². The van der Waals surface area contributed by atoms with E-state index in [9.17, 15) is 0 Å². The first-order chi connectivity index (χ1) is 10.9. The van der Waals surface area contributed by atoms with Gasteiger partial charge >= 0.3 is 0 Å². The molecule has 120 valence electrons. The highest BCUT2D eigenvalue weighted by Crippen LogP contribution is 2.30. The summed E-state index contributed by atoms with van der Waals surface area (Å²) < 4.78 is 0. The number of halogens is 1. The van der Waals surface area contributed by atoms with Gasteiger partial charge in [0.2, 0.25) is 5.96 Å². The first kappa shape index (κ1) is 15.8. The SMILES string of the molecule is Cc1cc(Cl)cc(-c2cccc(C3(C)CON(C)C(=N)N3)c2)c1. The van der Waals surface area contributed by atoms with Crippen molar-refractivity contribution in [2.24, 2.45) is 0 Å². The van der Waals surface area contributed by atoms with Gasteiger partial charge in [-0.2, -0.15) is 0 Å². The molecule has 1 saturated heterocycles. The average molecular weight is 330 g/mol. The van der Waals surface area contributed by atoms with Crippen molar-refractivity contribution in [3.8, 4) is 11.1 Å². The van der Waals surface area contributed by atoms with E-state index < -0.39 is 5.54 Å². The third-order valence-corrected chi connectivity index (χ3v) is 4.35. The predicted octanol–water partition coefficient (Wildman–Crippen LogP) is 3.93. The van der Waals surface area contributed by atoms with Gasteiger partial charge in [0.05, 0.1) is 5.54 Å². The Balaban J connectivity index is 1.98. The van der Waals surface area contributed by atoms with Crippen LogP contribution >= 0.6 is 11.6 Å². The van der Waals surface area contributed by atoms with E-state index in [-0.39, 0.29) is 5.96 Å². The predicted molar refractivity (Wildman–Crippen MR) is 93.6 cm³/mol. The molecule has 0 aromatic heterocycles. The van der Waals surface area contributed by atoms with Gasteiger partial charge in [-0.3, -0.25) is 10.2 Å². The molecule has 2 aromatic carbocycles. The number of aryl methyl sites for hydroxylation is 1.